The summed E-state index contributed by atoms with van der Waals surface area (Å²) < 4.78 is 28.9. The van der Waals surface area contributed by atoms with E-state index >= 15 is 0 Å². The van der Waals surface area contributed by atoms with Gasteiger partial charge in [0.1, 0.15) is 11.6 Å². The third kappa shape index (κ3) is 3.42. The van der Waals surface area contributed by atoms with Crippen LogP contribution < -0.4 is 5.56 Å². The molecule has 0 atom stereocenters. The number of rotatable bonds is 4. The summed E-state index contributed by atoms with van der Waals surface area (Å²) in [5, 5.41) is 10.2. The second-order valence-corrected chi connectivity index (χ2v) is 7.04. The second-order valence-electron chi connectivity index (χ2n) is 7.04. The number of hydrogen-bond acceptors (Lipinski definition) is 3. The van der Waals surface area contributed by atoms with Gasteiger partial charge in [-0.05, 0) is 61.9 Å². The Kier molecular flexibility index (Phi) is 4.94. The van der Waals surface area contributed by atoms with Gasteiger partial charge in [0, 0.05) is 12.1 Å². The van der Waals surface area contributed by atoms with Gasteiger partial charge in [0.2, 0.25) is 0 Å². The Labute approximate surface area is 161 Å². The third-order valence-electron chi connectivity index (χ3n) is 5.18. The van der Waals surface area contributed by atoms with Crippen LogP contribution in [0.4, 0.5) is 8.78 Å². The van der Waals surface area contributed by atoms with Crippen molar-refractivity contribution >= 4 is 0 Å². The van der Waals surface area contributed by atoms with Crippen molar-refractivity contribution in [2.75, 3.05) is 0 Å². The Hall–Kier alpha value is -3.02. The molecule has 1 aliphatic rings. The summed E-state index contributed by atoms with van der Waals surface area (Å²) in [7, 11) is 0. The highest BCUT2D eigenvalue weighted by atomic mass is 19.1. The minimum absolute atomic E-state index is 0.167. The Bertz CT molecular complexity index is 1090. The third-order valence-corrected chi connectivity index (χ3v) is 5.18. The highest BCUT2D eigenvalue weighted by molar-refractivity contribution is 5.64. The zero-order chi connectivity index (χ0) is 19.7. The van der Waals surface area contributed by atoms with Crippen LogP contribution in [-0.4, -0.2) is 14.7 Å². The fourth-order valence-corrected chi connectivity index (χ4v) is 3.73. The van der Waals surface area contributed by atoms with E-state index in [-0.39, 0.29) is 29.3 Å². The van der Waals surface area contributed by atoms with Crippen LogP contribution in [0.3, 0.4) is 0 Å². The molecule has 3 aromatic rings. The van der Waals surface area contributed by atoms with E-state index in [1.54, 1.807) is 18.2 Å². The monoisotopic (exact) mass is 382 g/mol. The molecule has 0 bridgehead atoms. The number of benzene rings is 2. The number of nitrogens with zero attached hydrogens (tertiary/aromatic N) is 2. The smallest absolute Gasteiger partial charge is 0.257 e. The molecule has 0 spiro atoms. The Balaban J connectivity index is 1.83. The molecular weight excluding hydrogens is 362 g/mol. The van der Waals surface area contributed by atoms with Gasteiger partial charge in [0.05, 0.1) is 11.3 Å². The van der Waals surface area contributed by atoms with Crippen LogP contribution >= 0.6 is 0 Å². The molecule has 4 nitrogen and oxygen atoms in total. The number of halogens is 2. The summed E-state index contributed by atoms with van der Waals surface area (Å²) in [5.74, 6) is -1.37. The number of fused-ring (bicyclic) bond motifs is 1. The second kappa shape index (κ2) is 7.54. The maximum atomic E-state index is 13.9. The summed E-state index contributed by atoms with van der Waals surface area (Å²) in [5.41, 5.74) is 2.17. The van der Waals surface area contributed by atoms with Gasteiger partial charge in [0.15, 0.2) is 11.6 Å². The summed E-state index contributed by atoms with van der Waals surface area (Å²) >= 11 is 0. The summed E-state index contributed by atoms with van der Waals surface area (Å²) in [6.45, 7) is 0.258. The lowest BCUT2D eigenvalue weighted by molar-refractivity contribution is 0.433. The predicted molar refractivity (Wildman–Crippen MR) is 102 cm³/mol. The Morgan fingerprint density at radius 3 is 2.68 bits per heavy atom. The fourth-order valence-electron chi connectivity index (χ4n) is 3.73. The molecule has 0 amide bonds. The average molecular weight is 382 g/mol. The standard InChI is InChI=1S/C22H20F2N2O2/c23-15-6-3-5-14(13-15)11-12-26-21(17-8-4-9-18(24)20(17)27)25-19-10-2-1-7-16(19)22(26)28/h3-6,8-9,13,27H,1-2,7,10-12H2. The van der Waals surface area contributed by atoms with Crippen molar-refractivity contribution < 1.29 is 13.9 Å². The van der Waals surface area contributed by atoms with Gasteiger partial charge >= 0.3 is 0 Å². The van der Waals surface area contributed by atoms with Crippen molar-refractivity contribution in [2.24, 2.45) is 0 Å². The molecule has 2 aromatic carbocycles. The molecule has 1 N–H and O–H groups in total. The van der Waals surface area contributed by atoms with E-state index in [2.05, 4.69) is 4.98 Å². The lowest BCUT2D eigenvalue weighted by Crippen LogP contribution is -2.31. The van der Waals surface area contributed by atoms with Crippen LogP contribution in [0.15, 0.2) is 47.3 Å². The highest BCUT2D eigenvalue weighted by Crippen LogP contribution is 2.31. The lowest BCUT2D eigenvalue weighted by atomic mass is 9.96. The quantitative estimate of drug-likeness (QED) is 0.742. The van der Waals surface area contributed by atoms with Crippen LogP contribution in [0.1, 0.15) is 29.7 Å². The number of aromatic nitrogens is 2. The first-order valence-electron chi connectivity index (χ1n) is 9.39. The molecule has 1 heterocycles. The summed E-state index contributed by atoms with van der Waals surface area (Å²) in [6.07, 6.45) is 3.65. The van der Waals surface area contributed by atoms with E-state index in [0.29, 0.717) is 24.8 Å². The van der Waals surface area contributed by atoms with Crippen molar-refractivity contribution in [3.63, 3.8) is 0 Å². The van der Waals surface area contributed by atoms with Crippen LogP contribution in [0, 0.1) is 11.6 Å². The van der Waals surface area contributed by atoms with Crippen LogP contribution in [0.25, 0.3) is 11.4 Å². The van der Waals surface area contributed by atoms with E-state index in [1.807, 2.05) is 0 Å². The van der Waals surface area contributed by atoms with Crippen molar-refractivity contribution in [3.8, 4) is 17.1 Å². The molecule has 0 aliphatic heterocycles. The Morgan fingerprint density at radius 2 is 1.86 bits per heavy atom. The SMILES string of the molecule is O=c1c2c(nc(-c3cccc(F)c3O)n1CCc1cccc(F)c1)CCCC2. The molecule has 28 heavy (non-hydrogen) atoms. The first kappa shape index (κ1) is 18.3. The number of aromatic hydroxyl groups is 1. The highest BCUT2D eigenvalue weighted by Gasteiger charge is 2.22. The predicted octanol–water partition coefficient (Wildman–Crippen LogP) is 4.02. The average Bonchev–Trinajstić information content (AvgIpc) is 2.69. The maximum Gasteiger partial charge on any atom is 0.257 e. The van der Waals surface area contributed by atoms with Crippen LogP contribution in [0.2, 0.25) is 0 Å². The van der Waals surface area contributed by atoms with Gasteiger partial charge in [-0.3, -0.25) is 9.36 Å². The van der Waals surface area contributed by atoms with E-state index < -0.39 is 11.6 Å². The molecule has 1 aliphatic carbocycles. The van der Waals surface area contributed by atoms with Gasteiger partial charge in [-0.15, -0.1) is 0 Å². The molecule has 0 radical (unpaired) electrons. The molecule has 0 unspecified atom stereocenters. The number of hydrogen-bond donors (Lipinski definition) is 1. The minimum atomic E-state index is -0.763. The number of phenolic OH excluding ortho intramolecular Hbond substituents is 1. The Morgan fingerprint density at radius 1 is 1.07 bits per heavy atom. The number of phenols is 1. The maximum absolute atomic E-state index is 13.9. The molecule has 144 valence electrons. The van der Waals surface area contributed by atoms with Crippen molar-refractivity contribution in [1.29, 1.82) is 0 Å². The van der Waals surface area contributed by atoms with E-state index in [9.17, 15) is 18.7 Å². The van der Waals surface area contributed by atoms with Crippen LogP contribution in [-0.2, 0) is 25.8 Å². The molecule has 0 saturated carbocycles. The zero-order valence-corrected chi connectivity index (χ0v) is 15.3. The van der Waals surface area contributed by atoms with Gasteiger partial charge in [-0.1, -0.05) is 18.2 Å². The molecule has 1 aromatic heterocycles. The minimum Gasteiger partial charge on any atom is -0.504 e. The molecule has 6 heteroatoms. The molecule has 4 rings (SSSR count). The van der Waals surface area contributed by atoms with Crippen molar-refractivity contribution in [3.05, 3.63) is 81.3 Å². The first-order chi connectivity index (χ1) is 13.5. The van der Waals surface area contributed by atoms with Crippen LogP contribution in [0.5, 0.6) is 5.75 Å². The molecular formula is C22H20F2N2O2. The fraction of sp³-hybridized carbons (Fsp3) is 0.273. The van der Waals surface area contributed by atoms with E-state index in [0.717, 1.165) is 30.2 Å². The van der Waals surface area contributed by atoms with E-state index in [4.69, 9.17) is 0 Å². The van der Waals surface area contributed by atoms with Gasteiger partial charge in [0.25, 0.3) is 5.56 Å². The zero-order valence-electron chi connectivity index (χ0n) is 15.3. The van der Waals surface area contributed by atoms with Gasteiger partial charge < -0.3 is 5.11 Å². The topological polar surface area (TPSA) is 55.1 Å². The van der Waals surface area contributed by atoms with Crippen molar-refractivity contribution in [2.45, 2.75) is 38.6 Å². The normalized spacial score (nSPS) is 13.4. The van der Waals surface area contributed by atoms with E-state index in [1.165, 1.54) is 22.8 Å². The molecule has 0 saturated heterocycles. The van der Waals surface area contributed by atoms with Gasteiger partial charge in [-0.2, -0.15) is 0 Å². The number of aryl methyl sites for hydroxylation is 2. The molecule has 0 fully saturated rings. The first-order valence-corrected chi connectivity index (χ1v) is 9.39. The van der Waals surface area contributed by atoms with Gasteiger partial charge in [-0.25, -0.2) is 13.8 Å². The summed E-state index contributed by atoms with van der Waals surface area (Å²) in [4.78, 5) is 17.8. The summed E-state index contributed by atoms with van der Waals surface area (Å²) in [6, 6.07) is 10.4. The largest absolute Gasteiger partial charge is 0.504 e. The lowest BCUT2D eigenvalue weighted by Gasteiger charge is -2.20. The van der Waals surface area contributed by atoms with Crippen molar-refractivity contribution in [1.82, 2.24) is 9.55 Å². The number of para-hydroxylation sites is 1.